The average Bonchev–Trinajstić information content (AvgIpc) is 2.75. The van der Waals surface area contributed by atoms with Gasteiger partial charge < -0.3 is 5.73 Å². The molecule has 0 fully saturated rings. The van der Waals surface area contributed by atoms with Gasteiger partial charge in [0.15, 0.2) is 5.82 Å². The van der Waals surface area contributed by atoms with Crippen molar-refractivity contribution in [3.8, 4) is 11.4 Å². The van der Waals surface area contributed by atoms with Crippen LogP contribution in [0.3, 0.4) is 0 Å². The molecule has 0 atom stereocenters. The van der Waals surface area contributed by atoms with Crippen LogP contribution in [0.4, 0.5) is 5.69 Å². The number of tetrazole rings is 1. The van der Waals surface area contributed by atoms with Gasteiger partial charge in [-0.3, -0.25) is 0 Å². The maximum Gasteiger partial charge on any atom is 0.182 e. The zero-order chi connectivity index (χ0) is 14.8. The Kier molecular flexibility index (Phi) is 4.03. The molecule has 0 aliphatic heterocycles. The van der Waals surface area contributed by atoms with Gasteiger partial charge in [0.1, 0.15) is 9.84 Å². The number of sulfone groups is 1. The van der Waals surface area contributed by atoms with Gasteiger partial charge >= 0.3 is 0 Å². The summed E-state index contributed by atoms with van der Waals surface area (Å²) in [5, 5.41) is 11.6. The molecule has 0 saturated heterocycles. The van der Waals surface area contributed by atoms with Crippen LogP contribution in [0.1, 0.15) is 12.0 Å². The quantitative estimate of drug-likeness (QED) is 0.813. The van der Waals surface area contributed by atoms with E-state index in [2.05, 4.69) is 15.5 Å². The Morgan fingerprint density at radius 2 is 2.10 bits per heavy atom. The first-order valence-corrected chi connectivity index (χ1v) is 8.23. The Morgan fingerprint density at radius 1 is 1.35 bits per heavy atom. The molecule has 2 aromatic rings. The lowest BCUT2D eigenvalue weighted by Crippen LogP contribution is -2.10. The summed E-state index contributed by atoms with van der Waals surface area (Å²) in [4.78, 5) is 0. The topological polar surface area (TPSA) is 104 Å². The van der Waals surface area contributed by atoms with Crippen molar-refractivity contribution < 1.29 is 8.42 Å². The second kappa shape index (κ2) is 5.58. The number of hydrogen-bond acceptors (Lipinski definition) is 6. The standard InChI is InChI=1S/C12H17N5O2S/c1-9-8-10(13)4-5-11(9)12-14-15-16-17(12)6-3-7-20(2,18)19/h4-5,8H,3,6-7,13H2,1-2H3. The van der Waals surface area contributed by atoms with E-state index >= 15 is 0 Å². The summed E-state index contributed by atoms with van der Waals surface area (Å²) < 4.78 is 23.9. The molecule has 0 saturated carbocycles. The monoisotopic (exact) mass is 295 g/mol. The predicted molar refractivity (Wildman–Crippen MR) is 76.7 cm³/mol. The Labute approximate surface area is 117 Å². The van der Waals surface area contributed by atoms with E-state index in [0.717, 1.165) is 11.1 Å². The molecule has 0 radical (unpaired) electrons. The van der Waals surface area contributed by atoms with Crippen LogP contribution >= 0.6 is 0 Å². The van der Waals surface area contributed by atoms with Crippen LogP contribution in [0.15, 0.2) is 18.2 Å². The van der Waals surface area contributed by atoms with Crippen molar-refractivity contribution in [2.45, 2.75) is 19.9 Å². The highest BCUT2D eigenvalue weighted by atomic mass is 32.2. The summed E-state index contributed by atoms with van der Waals surface area (Å²) in [6, 6.07) is 5.51. The van der Waals surface area contributed by atoms with Crippen LogP contribution in [0, 0.1) is 6.92 Å². The van der Waals surface area contributed by atoms with Crippen molar-refractivity contribution in [1.82, 2.24) is 20.2 Å². The number of aromatic nitrogens is 4. The number of nitrogen functional groups attached to an aromatic ring is 1. The van der Waals surface area contributed by atoms with E-state index in [0.29, 0.717) is 24.5 Å². The third-order valence-corrected chi connectivity index (χ3v) is 3.94. The Hall–Kier alpha value is -1.96. The van der Waals surface area contributed by atoms with Gasteiger partial charge in [-0.1, -0.05) is 0 Å². The maximum atomic E-state index is 11.1. The second-order valence-electron chi connectivity index (χ2n) is 4.78. The highest BCUT2D eigenvalue weighted by Crippen LogP contribution is 2.22. The molecule has 0 unspecified atom stereocenters. The van der Waals surface area contributed by atoms with Crippen LogP contribution < -0.4 is 5.73 Å². The number of hydrogen-bond donors (Lipinski definition) is 1. The molecule has 20 heavy (non-hydrogen) atoms. The largest absolute Gasteiger partial charge is 0.399 e. The van der Waals surface area contributed by atoms with Crippen LogP contribution in [0.25, 0.3) is 11.4 Å². The first-order valence-electron chi connectivity index (χ1n) is 6.17. The van der Waals surface area contributed by atoms with Crippen molar-refractivity contribution in [1.29, 1.82) is 0 Å². The van der Waals surface area contributed by atoms with Crippen LogP contribution in [0.2, 0.25) is 0 Å². The fourth-order valence-corrected chi connectivity index (χ4v) is 2.62. The van der Waals surface area contributed by atoms with Gasteiger partial charge in [-0.15, -0.1) is 5.10 Å². The number of nitrogens with zero attached hydrogens (tertiary/aromatic N) is 4. The molecule has 0 amide bonds. The van der Waals surface area contributed by atoms with Crippen molar-refractivity contribution in [2.24, 2.45) is 0 Å². The van der Waals surface area contributed by atoms with Crippen LogP contribution in [-0.2, 0) is 16.4 Å². The van der Waals surface area contributed by atoms with Crippen LogP contribution in [0.5, 0.6) is 0 Å². The van der Waals surface area contributed by atoms with E-state index in [1.54, 1.807) is 10.7 Å². The van der Waals surface area contributed by atoms with E-state index in [9.17, 15) is 8.42 Å². The van der Waals surface area contributed by atoms with Gasteiger partial charge in [0.05, 0.1) is 5.75 Å². The Morgan fingerprint density at radius 3 is 2.75 bits per heavy atom. The lowest BCUT2D eigenvalue weighted by atomic mass is 10.1. The Bertz CT molecular complexity index is 708. The lowest BCUT2D eigenvalue weighted by molar-refractivity contribution is 0.567. The number of rotatable bonds is 5. The normalized spacial score (nSPS) is 11.7. The zero-order valence-corrected chi connectivity index (χ0v) is 12.3. The van der Waals surface area contributed by atoms with E-state index in [-0.39, 0.29) is 5.75 Å². The summed E-state index contributed by atoms with van der Waals surface area (Å²) in [6.45, 7) is 2.39. The fourth-order valence-electron chi connectivity index (χ4n) is 1.96. The number of aryl methyl sites for hydroxylation is 2. The van der Waals surface area contributed by atoms with Gasteiger partial charge in [-0.05, 0) is 47.5 Å². The molecule has 0 aliphatic rings. The summed E-state index contributed by atoms with van der Waals surface area (Å²) in [7, 11) is -2.97. The van der Waals surface area contributed by atoms with Gasteiger partial charge in [0.2, 0.25) is 0 Å². The zero-order valence-electron chi connectivity index (χ0n) is 11.4. The molecular formula is C12H17N5O2S. The molecule has 108 valence electrons. The first kappa shape index (κ1) is 14.4. The minimum absolute atomic E-state index is 0.118. The molecule has 8 heteroatoms. The highest BCUT2D eigenvalue weighted by Gasteiger charge is 2.12. The smallest absolute Gasteiger partial charge is 0.182 e. The van der Waals surface area contributed by atoms with Gasteiger partial charge in [-0.2, -0.15) is 0 Å². The molecule has 2 rings (SSSR count). The van der Waals surface area contributed by atoms with Crippen molar-refractivity contribution in [3.63, 3.8) is 0 Å². The molecule has 1 aromatic carbocycles. The van der Waals surface area contributed by atoms with Gasteiger partial charge in [0, 0.05) is 24.1 Å². The highest BCUT2D eigenvalue weighted by molar-refractivity contribution is 7.90. The Balaban J connectivity index is 2.20. The average molecular weight is 295 g/mol. The molecule has 7 nitrogen and oxygen atoms in total. The third kappa shape index (κ3) is 3.53. The summed E-state index contributed by atoms with van der Waals surface area (Å²) in [5.74, 6) is 0.739. The number of anilines is 1. The molecule has 2 N–H and O–H groups in total. The third-order valence-electron chi connectivity index (χ3n) is 2.91. The first-order chi connectivity index (χ1) is 9.37. The van der Waals surface area contributed by atoms with E-state index < -0.39 is 9.84 Å². The molecule has 0 aliphatic carbocycles. The minimum atomic E-state index is -2.97. The number of nitrogens with two attached hydrogens (primary N) is 1. The lowest BCUT2D eigenvalue weighted by Gasteiger charge is -2.07. The van der Waals surface area contributed by atoms with E-state index in [4.69, 9.17) is 5.73 Å². The summed E-state index contributed by atoms with van der Waals surface area (Å²) in [6.07, 6.45) is 1.70. The van der Waals surface area contributed by atoms with Gasteiger partial charge in [-0.25, -0.2) is 13.1 Å². The van der Waals surface area contributed by atoms with Gasteiger partial charge in [0.25, 0.3) is 0 Å². The second-order valence-corrected chi connectivity index (χ2v) is 7.04. The van der Waals surface area contributed by atoms with Crippen molar-refractivity contribution in [2.75, 3.05) is 17.7 Å². The van der Waals surface area contributed by atoms with E-state index in [1.807, 2.05) is 19.1 Å². The van der Waals surface area contributed by atoms with Crippen molar-refractivity contribution in [3.05, 3.63) is 23.8 Å². The molecule has 0 bridgehead atoms. The van der Waals surface area contributed by atoms with Crippen LogP contribution in [-0.4, -0.2) is 40.6 Å². The van der Waals surface area contributed by atoms with Crippen molar-refractivity contribution >= 4 is 15.5 Å². The minimum Gasteiger partial charge on any atom is -0.399 e. The SMILES string of the molecule is Cc1cc(N)ccc1-c1nnnn1CCCS(C)(=O)=O. The van der Waals surface area contributed by atoms with E-state index in [1.165, 1.54) is 6.26 Å². The number of benzene rings is 1. The molecule has 0 spiro atoms. The maximum absolute atomic E-state index is 11.1. The summed E-state index contributed by atoms with van der Waals surface area (Å²) in [5.41, 5.74) is 8.27. The molecular weight excluding hydrogens is 278 g/mol. The molecule has 1 aromatic heterocycles. The fraction of sp³-hybridized carbons (Fsp3) is 0.417. The summed E-state index contributed by atoms with van der Waals surface area (Å²) >= 11 is 0. The molecule has 1 heterocycles. The predicted octanol–water partition coefficient (Wildman–Crippen LogP) is 0.665.